The average molecular weight is 327 g/mol. The van der Waals surface area contributed by atoms with Crippen LogP contribution in [-0.2, 0) is 7.05 Å². The number of hydrogen-bond acceptors (Lipinski definition) is 6. The average Bonchev–Trinajstić information content (AvgIpc) is 2.96. The zero-order chi connectivity index (χ0) is 17.7. The first-order valence-corrected chi connectivity index (χ1v) is 6.83. The Hall–Kier alpha value is -3.31. The molecule has 0 saturated heterocycles. The van der Waals surface area contributed by atoms with E-state index < -0.39 is 11.9 Å². The van der Waals surface area contributed by atoms with Crippen molar-refractivity contribution >= 4 is 17.7 Å². The van der Waals surface area contributed by atoms with E-state index in [1.165, 1.54) is 29.1 Å². The summed E-state index contributed by atoms with van der Waals surface area (Å²) in [5.41, 5.74) is 6.13. The molecule has 2 rings (SSSR count). The lowest BCUT2D eigenvalue weighted by atomic mass is 10.1. The number of nitrogens with two attached hydrogens (primary N) is 1. The fourth-order valence-electron chi connectivity index (χ4n) is 2.03. The smallest absolute Gasteiger partial charge is 0.152 e. The maximum absolute atomic E-state index is 13.2. The fraction of sp³-hybridized carbons (Fsp3) is 0.125. The summed E-state index contributed by atoms with van der Waals surface area (Å²) in [6, 6.07) is 6.85. The van der Waals surface area contributed by atoms with Gasteiger partial charge < -0.3 is 10.8 Å². The minimum atomic E-state index is -1.28. The number of carbonyl (C=O) groups is 1. The lowest BCUT2D eigenvalue weighted by Crippen LogP contribution is -2.11. The number of nitrogens with zero attached hydrogens (tertiary/aromatic N) is 4. The Morgan fingerprint density at radius 2 is 2.29 bits per heavy atom. The zero-order valence-electron chi connectivity index (χ0n) is 12.7. The van der Waals surface area contributed by atoms with Gasteiger partial charge in [-0.2, -0.15) is 10.4 Å². The Morgan fingerprint density at radius 1 is 1.54 bits per heavy atom. The van der Waals surface area contributed by atoms with Crippen LogP contribution >= 0.6 is 0 Å². The number of hydrogen-bond donors (Lipinski definition) is 2. The number of aliphatic hydroxyl groups excluding tert-OH is 1. The zero-order valence-corrected chi connectivity index (χ0v) is 12.7. The Balaban J connectivity index is 2.49. The molecular formula is C16H14FN5O2. The van der Waals surface area contributed by atoms with Crippen LogP contribution in [0.4, 0.5) is 10.1 Å². The predicted molar refractivity (Wildman–Crippen MR) is 85.1 cm³/mol. The molecule has 3 N–H and O–H groups in total. The summed E-state index contributed by atoms with van der Waals surface area (Å²) in [5.74, 6) is -0.573. The third-order valence-electron chi connectivity index (χ3n) is 3.21. The van der Waals surface area contributed by atoms with Crippen molar-refractivity contribution < 1.29 is 14.3 Å². The number of halogens is 1. The van der Waals surface area contributed by atoms with Crippen molar-refractivity contribution in [2.75, 3.05) is 0 Å². The number of aliphatic hydroxyl groups is 1. The normalized spacial score (nSPS) is 13.0. The lowest BCUT2D eigenvalue weighted by Gasteiger charge is -2.09. The van der Waals surface area contributed by atoms with Gasteiger partial charge in [-0.1, -0.05) is 0 Å². The highest BCUT2D eigenvalue weighted by atomic mass is 19.1. The molecule has 8 heteroatoms. The molecular weight excluding hydrogens is 313 g/mol. The third-order valence-corrected chi connectivity index (χ3v) is 3.21. The van der Waals surface area contributed by atoms with Crippen molar-refractivity contribution in [3.8, 4) is 6.07 Å². The van der Waals surface area contributed by atoms with Crippen LogP contribution in [-0.4, -0.2) is 26.9 Å². The summed E-state index contributed by atoms with van der Waals surface area (Å²) < 4.78 is 14.5. The second-order valence-electron chi connectivity index (χ2n) is 4.81. The summed E-state index contributed by atoms with van der Waals surface area (Å²) in [5, 5.41) is 23.4. The Bertz CT molecular complexity index is 864. The van der Waals surface area contributed by atoms with Crippen molar-refractivity contribution in [2.24, 2.45) is 17.8 Å². The van der Waals surface area contributed by atoms with Gasteiger partial charge in [-0.3, -0.25) is 9.48 Å². The van der Waals surface area contributed by atoms with Gasteiger partial charge in [0.05, 0.1) is 17.1 Å². The van der Waals surface area contributed by atoms with Gasteiger partial charge in [0.1, 0.15) is 23.7 Å². The number of benzene rings is 1. The molecule has 24 heavy (non-hydrogen) atoms. The van der Waals surface area contributed by atoms with Crippen LogP contribution in [0, 0.1) is 17.1 Å². The molecule has 1 atom stereocenters. The van der Waals surface area contributed by atoms with Crippen LogP contribution < -0.4 is 5.73 Å². The number of aliphatic imine (C=N–C) groups is 1. The van der Waals surface area contributed by atoms with Gasteiger partial charge in [-0.05, 0) is 30.5 Å². The van der Waals surface area contributed by atoms with Crippen LogP contribution in [0.1, 0.15) is 27.8 Å². The molecule has 1 heterocycles. The Labute approximate surface area is 137 Å². The van der Waals surface area contributed by atoms with Gasteiger partial charge in [0, 0.05) is 18.7 Å². The van der Waals surface area contributed by atoms with Crippen LogP contribution in [0.15, 0.2) is 41.5 Å². The molecule has 1 unspecified atom stereocenters. The number of aryl methyl sites for hydroxylation is 1. The van der Waals surface area contributed by atoms with Crippen molar-refractivity contribution in [1.29, 1.82) is 5.26 Å². The van der Waals surface area contributed by atoms with Crippen LogP contribution in [0.25, 0.3) is 0 Å². The van der Waals surface area contributed by atoms with Crippen LogP contribution in [0.3, 0.4) is 0 Å². The van der Waals surface area contributed by atoms with E-state index in [0.717, 1.165) is 12.1 Å². The van der Waals surface area contributed by atoms with Gasteiger partial charge in [-0.25, -0.2) is 9.38 Å². The molecule has 0 aliphatic carbocycles. The van der Waals surface area contributed by atoms with Gasteiger partial charge >= 0.3 is 0 Å². The molecule has 0 fully saturated rings. The van der Waals surface area contributed by atoms with E-state index in [9.17, 15) is 14.3 Å². The molecule has 0 bridgehead atoms. The predicted octanol–water partition coefficient (Wildman–Crippen LogP) is 1.52. The molecule has 122 valence electrons. The maximum Gasteiger partial charge on any atom is 0.152 e. The summed E-state index contributed by atoms with van der Waals surface area (Å²) in [7, 11) is 1.56. The largest absolute Gasteiger partial charge is 0.405 e. The van der Waals surface area contributed by atoms with E-state index in [1.54, 1.807) is 7.05 Å². The summed E-state index contributed by atoms with van der Waals surface area (Å²) in [6.45, 7) is 0. The highest BCUT2D eigenvalue weighted by molar-refractivity contribution is 6.01. The molecule has 0 radical (unpaired) electrons. The molecule has 0 amide bonds. The molecule has 1 aromatic carbocycles. The first kappa shape index (κ1) is 17.1. The SMILES string of the molecule is Cn1nc(C(O)C(C=CN)=Nc2ccc(F)cc2C=O)cc1C#N. The number of aromatic nitrogens is 2. The number of nitriles is 1. The van der Waals surface area contributed by atoms with E-state index in [1.807, 2.05) is 6.07 Å². The first-order chi connectivity index (χ1) is 11.5. The Morgan fingerprint density at radius 3 is 2.88 bits per heavy atom. The molecule has 2 aromatic rings. The second kappa shape index (κ2) is 7.30. The topological polar surface area (TPSA) is 117 Å². The number of carbonyl (C=O) groups excluding carboxylic acids is 1. The van der Waals surface area contributed by atoms with Crippen molar-refractivity contribution in [3.63, 3.8) is 0 Å². The highest BCUT2D eigenvalue weighted by Crippen LogP contribution is 2.23. The van der Waals surface area contributed by atoms with E-state index in [4.69, 9.17) is 11.0 Å². The van der Waals surface area contributed by atoms with Crippen molar-refractivity contribution in [3.05, 3.63) is 59.3 Å². The van der Waals surface area contributed by atoms with Gasteiger partial charge in [0.2, 0.25) is 0 Å². The van der Waals surface area contributed by atoms with Gasteiger partial charge in [-0.15, -0.1) is 0 Å². The van der Waals surface area contributed by atoms with Crippen LogP contribution in [0.2, 0.25) is 0 Å². The highest BCUT2D eigenvalue weighted by Gasteiger charge is 2.18. The van der Waals surface area contributed by atoms with Gasteiger partial charge in [0.25, 0.3) is 0 Å². The first-order valence-electron chi connectivity index (χ1n) is 6.83. The summed E-state index contributed by atoms with van der Waals surface area (Å²) in [4.78, 5) is 15.2. The number of aldehydes is 1. The fourth-order valence-corrected chi connectivity index (χ4v) is 2.03. The maximum atomic E-state index is 13.2. The molecule has 0 aliphatic rings. The van der Waals surface area contributed by atoms with E-state index in [-0.39, 0.29) is 28.4 Å². The molecule has 7 nitrogen and oxygen atoms in total. The third kappa shape index (κ3) is 3.53. The molecule has 1 aromatic heterocycles. The quantitative estimate of drug-likeness (QED) is 0.638. The van der Waals surface area contributed by atoms with E-state index in [2.05, 4.69) is 10.1 Å². The summed E-state index contributed by atoms with van der Waals surface area (Å²) >= 11 is 0. The molecule has 0 spiro atoms. The minimum absolute atomic E-state index is 0.0313. The minimum Gasteiger partial charge on any atom is -0.405 e. The Kier molecular flexibility index (Phi) is 5.19. The van der Waals surface area contributed by atoms with E-state index >= 15 is 0 Å². The number of rotatable bonds is 5. The van der Waals surface area contributed by atoms with Crippen LogP contribution in [0.5, 0.6) is 0 Å². The standard InChI is InChI=1S/C16H14FN5O2/c1-22-12(8-19)7-15(21-22)16(24)14(4-5-18)20-13-3-2-11(17)6-10(13)9-23/h2-7,9,16,24H,18H2,1H3. The monoisotopic (exact) mass is 327 g/mol. The lowest BCUT2D eigenvalue weighted by molar-refractivity contribution is 0.112. The van der Waals surface area contributed by atoms with E-state index in [0.29, 0.717) is 6.29 Å². The van der Waals surface area contributed by atoms with Crippen molar-refractivity contribution in [2.45, 2.75) is 6.10 Å². The molecule has 0 saturated carbocycles. The second-order valence-corrected chi connectivity index (χ2v) is 4.81. The summed E-state index contributed by atoms with van der Waals surface area (Å²) in [6.07, 6.45) is 1.69. The van der Waals surface area contributed by atoms with Gasteiger partial charge in [0.15, 0.2) is 6.29 Å². The van der Waals surface area contributed by atoms with Crippen molar-refractivity contribution in [1.82, 2.24) is 9.78 Å². The molecule has 0 aliphatic heterocycles.